The van der Waals surface area contributed by atoms with E-state index in [2.05, 4.69) is 21.7 Å². The second-order valence-corrected chi connectivity index (χ2v) is 8.65. The Bertz CT molecular complexity index is 1170. The summed E-state index contributed by atoms with van der Waals surface area (Å²) in [6, 6.07) is 22.8. The van der Waals surface area contributed by atoms with Crippen LogP contribution in [0.15, 0.2) is 72.8 Å². The minimum atomic E-state index is -0.347. The van der Waals surface area contributed by atoms with Crippen LogP contribution in [0.1, 0.15) is 10.6 Å². The summed E-state index contributed by atoms with van der Waals surface area (Å²) >= 11 is 12.7. The van der Waals surface area contributed by atoms with Crippen LogP contribution in [0.5, 0.6) is 5.75 Å². The number of anilines is 1. The summed E-state index contributed by atoms with van der Waals surface area (Å²) in [5.74, 6) is 0.210. The number of carbonyl (C=O) groups excluding carboxylic acids is 1. The third-order valence-corrected chi connectivity index (χ3v) is 5.83. The number of thiazole rings is 1. The number of nitrogens with one attached hydrogen (secondary N) is 2. The highest BCUT2D eigenvalue weighted by Crippen LogP contribution is 2.24. The first kappa shape index (κ1) is 21.2. The van der Waals surface area contributed by atoms with E-state index in [0.29, 0.717) is 10.8 Å². The summed E-state index contributed by atoms with van der Waals surface area (Å²) in [5.41, 5.74) is 2.97. The van der Waals surface area contributed by atoms with Crippen molar-refractivity contribution in [2.24, 2.45) is 0 Å². The Morgan fingerprint density at radius 2 is 1.77 bits per heavy atom. The molecule has 8 heteroatoms. The molecule has 0 saturated heterocycles. The van der Waals surface area contributed by atoms with Crippen molar-refractivity contribution in [1.82, 2.24) is 10.3 Å². The number of hydrogen-bond donors (Lipinski definition) is 2. The molecule has 4 rings (SSSR count). The monoisotopic (exact) mass is 467 g/mol. The average Bonchev–Trinajstić information content (AvgIpc) is 3.17. The smallest absolute Gasteiger partial charge is 0.264 e. The van der Waals surface area contributed by atoms with E-state index >= 15 is 0 Å². The van der Waals surface area contributed by atoms with Gasteiger partial charge in [0.1, 0.15) is 5.75 Å². The highest BCUT2D eigenvalue weighted by Gasteiger charge is 2.08. The molecule has 0 fully saturated rings. The maximum absolute atomic E-state index is 12.0. The van der Waals surface area contributed by atoms with Crippen LogP contribution in [0.25, 0.3) is 10.2 Å². The fraction of sp³-hybridized carbons (Fsp3) is 0.0870. The Morgan fingerprint density at radius 1 is 1.03 bits per heavy atom. The van der Waals surface area contributed by atoms with Gasteiger partial charge in [-0.15, -0.1) is 11.3 Å². The minimum absolute atomic E-state index is 0.148. The maximum Gasteiger partial charge on any atom is 0.264 e. The van der Waals surface area contributed by atoms with E-state index in [1.54, 1.807) is 35.6 Å². The van der Waals surface area contributed by atoms with Gasteiger partial charge < -0.3 is 10.1 Å². The number of rotatable bonds is 6. The molecular weight excluding hydrogens is 450 g/mol. The summed E-state index contributed by atoms with van der Waals surface area (Å²) in [5, 5.41) is 7.50. The van der Waals surface area contributed by atoms with Gasteiger partial charge in [-0.25, -0.2) is 4.98 Å². The predicted molar refractivity (Wildman–Crippen MR) is 130 cm³/mol. The third-order valence-electron chi connectivity index (χ3n) is 4.34. The van der Waals surface area contributed by atoms with Gasteiger partial charge in [-0.2, -0.15) is 0 Å². The summed E-state index contributed by atoms with van der Waals surface area (Å²) in [4.78, 5) is 16.7. The Kier molecular flexibility index (Phi) is 6.76. The first-order valence-corrected chi connectivity index (χ1v) is 11.1. The van der Waals surface area contributed by atoms with Gasteiger partial charge in [0.25, 0.3) is 5.91 Å². The zero-order valence-electron chi connectivity index (χ0n) is 16.3. The number of benzene rings is 3. The number of aromatic nitrogens is 1. The molecule has 0 aliphatic carbocycles. The second-order valence-electron chi connectivity index (χ2n) is 6.69. The second kappa shape index (κ2) is 9.87. The van der Waals surface area contributed by atoms with Crippen molar-refractivity contribution >= 4 is 62.1 Å². The van der Waals surface area contributed by atoms with Crippen molar-refractivity contribution in [3.63, 3.8) is 0 Å². The van der Waals surface area contributed by atoms with Crippen molar-refractivity contribution in [2.45, 2.75) is 6.42 Å². The van der Waals surface area contributed by atoms with E-state index in [1.807, 2.05) is 42.5 Å². The lowest BCUT2D eigenvalue weighted by Gasteiger charge is -2.11. The lowest BCUT2D eigenvalue weighted by Crippen LogP contribution is -2.37. The molecule has 156 valence electrons. The lowest BCUT2D eigenvalue weighted by molar-refractivity contribution is -0.121. The molecule has 0 unspecified atom stereocenters. The van der Waals surface area contributed by atoms with Gasteiger partial charge in [-0.05, 0) is 66.3 Å². The largest absolute Gasteiger partial charge is 0.484 e. The Balaban J connectivity index is 1.26. The molecule has 3 aromatic carbocycles. The van der Waals surface area contributed by atoms with Crippen LogP contribution in [-0.4, -0.2) is 22.6 Å². The van der Waals surface area contributed by atoms with Crippen LogP contribution in [0, 0.1) is 0 Å². The number of thiocarbonyl (C=S) groups is 1. The number of halogens is 1. The normalized spacial score (nSPS) is 10.6. The average molecular weight is 468 g/mol. The van der Waals surface area contributed by atoms with Gasteiger partial charge in [0, 0.05) is 17.1 Å². The Labute approximate surface area is 194 Å². The summed E-state index contributed by atoms with van der Waals surface area (Å²) < 4.78 is 6.60. The van der Waals surface area contributed by atoms with Gasteiger partial charge in [0.05, 0.1) is 15.2 Å². The highest BCUT2D eigenvalue weighted by atomic mass is 35.5. The molecule has 2 N–H and O–H groups in total. The van der Waals surface area contributed by atoms with E-state index in [9.17, 15) is 4.79 Å². The van der Waals surface area contributed by atoms with E-state index in [0.717, 1.165) is 28.2 Å². The summed E-state index contributed by atoms with van der Waals surface area (Å²) in [6.07, 6.45) is 0.767. The summed E-state index contributed by atoms with van der Waals surface area (Å²) in [6.45, 7) is -0.148. The number of hydrogen-bond acceptors (Lipinski definition) is 5. The van der Waals surface area contributed by atoms with Crippen molar-refractivity contribution in [3.05, 3.63) is 88.4 Å². The molecule has 0 spiro atoms. The van der Waals surface area contributed by atoms with Gasteiger partial charge in [-0.3, -0.25) is 10.1 Å². The molecule has 1 aromatic heterocycles. The van der Waals surface area contributed by atoms with Crippen LogP contribution in [0.3, 0.4) is 0 Å². The topological polar surface area (TPSA) is 63.2 Å². The highest BCUT2D eigenvalue weighted by molar-refractivity contribution is 7.80. The van der Waals surface area contributed by atoms with Gasteiger partial charge >= 0.3 is 0 Å². The molecule has 1 amide bonds. The van der Waals surface area contributed by atoms with Crippen LogP contribution >= 0.6 is 35.2 Å². The number of para-hydroxylation sites is 1. The van der Waals surface area contributed by atoms with Gasteiger partial charge in [0.15, 0.2) is 11.7 Å². The number of ether oxygens (including phenoxy) is 1. The number of nitrogens with zero attached hydrogens (tertiary/aromatic N) is 1. The fourth-order valence-corrected chi connectivity index (χ4v) is 4.24. The molecule has 0 aliphatic rings. The SMILES string of the molecule is O=C(COc1ccc(Cl)cc1)NC(=S)Nc1ccc(Cc2nc3ccccc3s2)cc1. The van der Waals surface area contributed by atoms with Crippen LogP contribution < -0.4 is 15.4 Å². The number of carbonyl (C=O) groups is 1. The molecule has 0 radical (unpaired) electrons. The first-order valence-electron chi connectivity index (χ1n) is 9.48. The number of fused-ring (bicyclic) bond motifs is 1. The quantitative estimate of drug-likeness (QED) is 0.370. The lowest BCUT2D eigenvalue weighted by atomic mass is 10.1. The fourth-order valence-electron chi connectivity index (χ4n) is 2.88. The standard InChI is InChI=1S/C23H18ClN3O2S2/c24-16-7-11-18(12-8-16)29-14-21(28)27-23(30)25-17-9-5-15(6-10-17)13-22-26-19-3-1-2-4-20(19)31-22/h1-12H,13-14H2,(H2,25,27,28,30). The molecule has 4 aromatic rings. The summed E-state index contributed by atoms with van der Waals surface area (Å²) in [7, 11) is 0. The molecule has 0 atom stereocenters. The molecule has 0 bridgehead atoms. The van der Waals surface area contributed by atoms with Gasteiger partial charge in [0.2, 0.25) is 0 Å². The maximum atomic E-state index is 12.0. The number of amides is 1. The van der Waals surface area contributed by atoms with Crippen molar-refractivity contribution in [1.29, 1.82) is 0 Å². The minimum Gasteiger partial charge on any atom is -0.484 e. The van der Waals surface area contributed by atoms with E-state index < -0.39 is 0 Å². The Morgan fingerprint density at radius 3 is 2.52 bits per heavy atom. The van der Waals surface area contributed by atoms with Crippen LogP contribution in [0.2, 0.25) is 5.02 Å². The van der Waals surface area contributed by atoms with E-state index in [1.165, 1.54) is 4.70 Å². The molecule has 0 saturated carbocycles. The van der Waals surface area contributed by atoms with E-state index in [4.69, 9.17) is 28.6 Å². The molecular formula is C23H18ClN3O2S2. The Hall–Kier alpha value is -3.00. The van der Waals surface area contributed by atoms with Crippen LogP contribution in [-0.2, 0) is 11.2 Å². The first-order chi connectivity index (χ1) is 15.0. The third kappa shape index (κ3) is 6.01. The molecule has 0 aliphatic heterocycles. The molecule has 5 nitrogen and oxygen atoms in total. The zero-order valence-corrected chi connectivity index (χ0v) is 18.7. The van der Waals surface area contributed by atoms with Crippen molar-refractivity contribution in [2.75, 3.05) is 11.9 Å². The van der Waals surface area contributed by atoms with Crippen LogP contribution in [0.4, 0.5) is 5.69 Å². The molecule has 31 heavy (non-hydrogen) atoms. The van der Waals surface area contributed by atoms with Crippen molar-refractivity contribution in [3.8, 4) is 5.75 Å². The predicted octanol–water partition coefficient (Wildman–Crippen LogP) is 5.43. The van der Waals surface area contributed by atoms with Gasteiger partial charge in [-0.1, -0.05) is 35.9 Å². The zero-order chi connectivity index (χ0) is 21.6. The molecule has 1 heterocycles. The van der Waals surface area contributed by atoms with Crippen molar-refractivity contribution < 1.29 is 9.53 Å². The van der Waals surface area contributed by atoms with E-state index in [-0.39, 0.29) is 17.6 Å².